The van der Waals surface area contributed by atoms with Crippen LogP contribution in [0.1, 0.15) is 20.7 Å². The SMILES string of the molecule is NCC1CN(C(=O)c2cccc(C(=O)O)c2)CCO1.O=C(O)C(F)(F)F. The maximum absolute atomic E-state index is 12.3. The van der Waals surface area contributed by atoms with Crippen LogP contribution in [0.25, 0.3) is 0 Å². The van der Waals surface area contributed by atoms with E-state index in [1.807, 2.05) is 0 Å². The van der Waals surface area contributed by atoms with Crippen LogP contribution in [-0.4, -0.2) is 71.5 Å². The summed E-state index contributed by atoms with van der Waals surface area (Å²) < 4.78 is 37.1. The molecule has 1 aliphatic rings. The van der Waals surface area contributed by atoms with Gasteiger partial charge >= 0.3 is 18.1 Å². The lowest BCUT2D eigenvalue weighted by atomic mass is 10.1. The van der Waals surface area contributed by atoms with Crippen LogP contribution < -0.4 is 5.73 Å². The zero-order valence-electron chi connectivity index (χ0n) is 13.4. The number of benzene rings is 1. The predicted octanol–water partition coefficient (Wildman–Crippen LogP) is 0.818. The van der Waals surface area contributed by atoms with E-state index in [1.165, 1.54) is 12.1 Å². The molecule has 4 N–H and O–H groups in total. The van der Waals surface area contributed by atoms with Crippen molar-refractivity contribution < 1.29 is 42.5 Å². The molecule has 0 spiro atoms. The third-order valence-electron chi connectivity index (χ3n) is 3.29. The lowest BCUT2D eigenvalue weighted by Gasteiger charge is -2.32. The Balaban J connectivity index is 0.000000412. The van der Waals surface area contributed by atoms with Crippen LogP contribution in [0.5, 0.6) is 0 Å². The Morgan fingerprint density at radius 3 is 2.31 bits per heavy atom. The molecule has 0 bridgehead atoms. The van der Waals surface area contributed by atoms with Crippen LogP contribution in [0.2, 0.25) is 0 Å². The molecule has 8 nitrogen and oxygen atoms in total. The number of carboxylic acids is 2. The minimum absolute atomic E-state index is 0.106. The quantitative estimate of drug-likeness (QED) is 0.710. The third-order valence-corrected chi connectivity index (χ3v) is 3.29. The van der Waals surface area contributed by atoms with Gasteiger partial charge in [-0.05, 0) is 18.2 Å². The Morgan fingerprint density at radius 1 is 1.23 bits per heavy atom. The lowest BCUT2D eigenvalue weighted by Crippen LogP contribution is -2.48. The highest BCUT2D eigenvalue weighted by atomic mass is 19.4. The molecule has 1 aliphatic heterocycles. The van der Waals surface area contributed by atoms with Crippen molar-refractivity contribution in [3.8, 4) is 0 Å². The Bertz CT molecular complexity index is 665. The van der Waals surface area contributed by atoms with E-state index in [0.717, 1.165) is 0 Å². The molecule has 1 aromatic rings. The molecule has 11 heteroatoms. The molecule has 0 aliphatic carbocycles. The number of aromatic carboxylic acids is 1. The number of carboxylic acid groups (broad SMARTS) is 2. The number of halogens is 3. The average molecular weight is 378 g/mol. The summed E-state index contributed by atoms with van der Waals surface area (Å²) in [5, 5.41) is 16.0. The van der Waals surface area contributed by atoms with Crippen LogP contribution in [0, 0.1) is 0 Å². The molecule has 1 amide bonds. The number of carbonyl (C=O) groups excluding carboxylic acids is 1. The number of rotatable bonds is 3. The number of hydrogen-bond donors (Lipinski definition) is 3. The summed E-state index contributed by atoms with van der Waals surface area (Å²) in [7, 11) is 0. The molecular weight excluding hydrogens is 361 g/mol. The number of ether oxygens (including phenoxy) is 1. The number of nitrogens with zero attached hydrogens (tertiary/aromatic N) is 1. The number of nitrogens with two attached hydrogens (primary N) is 1. The minimum Gasteiger partial charge on any atom is -0.478 e. The van der Waals surface area contributed by atoms with E-state index in [2.05, 4.69) is 0 Å². The normalized spacial score (nSPS) is 17.1. The first kappa shape index (κ1) is 21.4. The smallest absolute Gasteiger partial charge is 0.478 e. The highest BCUT2D eigenvalue weighted by molar-refractivity contribution is 5.97. The summed E-state index contributed by atoms with van der Waals surface area (Å²) in [5.74, 6) is -3.99. The largest absolute Gasteiger partial charge is 0.490 e. The number of amides is 1. The summed E-state index contributed by atoms with van der Waals surface area (Å²) in [4.78, 5) is 33.7. The summed E-state index contributed by atoms with van der Waals surface area (Å²) in [6.45, 7) is 1.74. The van der Waals surface area contributed by atoms with Gasteiger partial charge in [0, 0.05) is 25.2 Å². The van der Waals surface area contributed by atoms with Gasteiger partial charge in [-0.15, -0.1) is 0 Å². The van der Waals surface area contributed by atoms with Crippen molar-refractivity contribution in [3.05, 3.63) is 35.4 Å². The number of aliphatic carboxylic acids is 1. The molecule has 1 heterocycles. The van der Waals surface area contributed by atoms with Crippen molar-refractivity contribution in [2.75, 3.05) is 26.2 Å². The van der Waals surface area contributed by atoms with Gasteiger partial charge in [0.25, 0.3) is 5.91 Å². The molecule has 1 saturated heterocycles. The van der Waals surface area contributed by atoms with Gasteiger partial charge in [0.15, 0.2) is 0 Å². The molecule has 0 saturated carbocycles. The van der Waals surface area contributed by atoms with E-state index in [9.17, 15) is 22.8 Å². The first-order valence-electron chi connectivity index (χ1n) is 7.30. The molecule has 0 radical (unpaired) electrons. The minimum atomic E-state index is -5.08. The van der Waals surface area contributed by atoms with Gasteiger partial charge in [0.05, 0.1) is 18.3 Å². The van der Waals surface area contributed by atoms with Crippen molar-refractivity contribution in [1.82, 2.24) is 4.90 Å². The Hall–Kier alpha value is -2.66. The third kappa shape index (κ3) is 6.33. The number of carbonyl (C=O) groups is 3. The second-order valence-corrected chi connectivity index (χ2v) is 5.17. The van der Waals surface area contributed by atoms with E-state index in [-0.39, 0.29) is 17.6 Å². The average Bonchev–Trinajstić information content (AvgIpc) is 2.61. The summed E-state index contributed by atoms with van der Waals surface area (Å²) in [6.07, 6.45) is -5.24. The van der Waals surface area contributed by atoms with Crippen LogP contribution in [0.3, 0.4) is 0 Å². The number of alkyl halides is 3. The molecule has 1 fully saturated rings. The Kier molecular flexibility index (Phi) is 7.53. The monoisotopic (exact) mass is 378 g/mol. The van der Waals surface area contributed by atoms with Crippen LogP contribution in [0.4, 0.5) is 13.2 Å². The highest BCUT2D eigenvalue weighted by Crippen LogP contribution is 2.13. The summed E-state index contributed by atoms with van der Waals surface area (Å²) in [6, 6.07) is 6.03. The first-order chi connectivity index (χ1) is 12.1. The molecule has 0 aromatic heterocycles. The predicted molar refractivity (Wildman–Crippen MR) is 81.8 cm³/mol. The summed E-state index contributed by atoms with van der Waals surface area (Å²) in [5.41, 5.74) is 6.01. The fourth-order valence-electron chi connectivity index (χ4n) is 2.01. The van der Waals surface area contributed by atoms with E-state index in [1.54, 1.807) is 17.0 Å². The van der Waals surface area contributed by atoms with Gasteiger partial charge < -0.3 is 25.6 Å². The zero-order valence-corrected chi connectivity index (χ0v) is 13.4. The zero-order chi connectivity index (χ0) is 19.9. The fraction of sp³-hybridized carbons (Fsp3) is 0.400. The van der Waals surface area contributed by atoms with Crippen molar-refractivity contribution in [1.29, 1.82) is 0 Å². The topological polar surface area (TPSA) is 130 Å². The van der Waals surface area contributed by atoms with Gasteiger partial charge in [-0.25, -0.2) is 9.59 Å². The highest BCUT2D eigenvalue weighted by Gasteiger charge is 2.38. The van der Waals surface area contributed by atoms with Gasteiger partial charge in [-0.3, -0.25) is 4.79 Å². The van der Waals surface area contributed by atoms with Gasteiger partial charge in [0.1, 0.15) is 0 Å². The van der Waals surface area contributed by atoms with Crippen LogP contribution >= 0.6 is 0 Å². The van der Waals surface area contributed by atoms with Crippen LogP contribution in [0.15, 0.2) is 24.3 Å². The number of hydrogen-bond acceptors (Lipinski definition) is 5. The Morgan fingerprint density at radius 2 is 1.81 bits per heavy atom. The van der Waals surface area contributed by atoms with Crippen molar-refractivity contribution in [2.24, 2.45) is 5.73 Å². The van der Waals surface area contributed by atoms with E-state index in [0.29, 0.717) is 31.8 Å². The van der Waals surface area contributed by atoms with Crippen LogP contribution in [-0.2, 0) is 9.53 Å². The second kappa shape index (κ2) is 9.15. The molecule has 2 rings (SSSR count). The van der Waals surface area contributed by atoms with E-state index < -0.39 is 18.1 Å². The van der Waals surface area contributed by atoms with Gasteiger partial charge in [0.2, 0.25) is 0 Å². The van der Waals surface area contributed by atoms with E-state index >= 15 is 0 Å². The number of morpholine rings is 1. The molecule has 1 atom stereocenters. The maximum atomic E-state index is 12.3. The standard InChI is InChI=1S/C13H16N2O4.C2HF3O2/c14-7-11-8-15(4-5-19-11)12(16)9-2-1-3-10(6-9)13(17)18;3-2(4,5)1(6)7/h1-3,6,11H,4-5,7-8,14H2,(H,17,18);(H,6,7). The van der Waals surface area contributed by atoms with Gasteiger partial charge in [-0.2, -0.15) is 13.2 Å². The van der Waals surface area contributed by atoms with Crippen molar-refractivity contribution >= 4 is 17.8 Å². The molecule has 144 valence electrons. The second-order valence-electron chi connectivity index (χ2n) is 5.17. The summed E-state index contributed by atoms with van der Waals surface area (Å²) >= 11 is 0. The molecule has 26 heavy (non-hydrogen) atoms. The molecule has 1 unspecified atom stereocenters. The fourth-order valence-corrected chi connectivity index (χ4v) is 2.01. The van der Waals surface area contributed by atoms with Gasteiger partial charge in [-0.1, -0.05) is 6.07 Å². The molecule has 1 aromatic carbocycles. The molecular formula is C15H17F3N2O6. The maximum Gasteiger partial charge on any atom is 0.490 e. The van der Waals surface area contributed by atoms with E-state index in [4.69, 9.17) is 25.5 Å². The van der Waals surface area contributed by atoms with Crippen molar-refractivity contribution in [3.63, 3.8) is 0 Å². The first-order valence-corrected chi connectivity index (χ1v) is 7.30. The lowest BCUT2D eigenvalue weighted by molar-refractivity contribution is -0.192. The van der Waals surface area contributed by atoms with Crippen molar-refractivity contribution in [2.45, 2.75) is 12.3 Å². The Labute approximate surface area is 145 Å².